The number of carbonyl (C=O) groups is 1. The smallest absolute Gasteiger partial charge is 0.283 e. The third kappa shape index (κ3) is 1.84. The van der Waals surface area contributed by atoms with Crippen LogP contribution in [0.1, 0.15) is 10.4 Å². The maximum atomic E-state index is 12.3. The number of hydrogen-bond donors (Lipinski definition) is 1. The summed E-state index contributed by atoms with van der Waals surface area (Å²) < 4.78 is 0. The fraction of sp³-hybridized carbons (Fsp3) is 0. The van der Waals surface area contributed by atoms with Gasteiger partial charge in [-0.15, -0.1) is 4.91 Å². The Balaban J connectivity index is 2.26. The van der Waals surface area contributed by atoms with E-state index in [-0.39, 0.29) is 0 Å². The highest BCUT2D eigenvalue weighted by atomic mass is 35.5. The number of halogens is 1. The van der Waals surface area contributed by atoms with Crippen molar-refractivity contribution >= 4 is 34.6 Å². The van der Waals surface area contributed by atoms with E-state index in [0.717, 1.165) is 5.01 Å². The van der Waals surface area contributed by atoms with Gasteiger partial charge < -0.3 is 5.32 Å². The monoisotopic (exact) mass is 273 g/mol. The molecule has 5 nitrogen and oxygen atoms in total. The number of carbonyl (C=O) groups excluding carboxylic acids is 1. The van der Waals surface area contributed by atoms with Gasteiger partial charge in [0.15, 0.2) is 0 Å². The third-order valence-electron chi connectivity index (χ3n) is 2.89. The van der Waals surface area contributed by atoms with Crippen LogP contribution >= 0.6 is 11.6 Å². The second kappa shape index (κ2) is 4.37. The van der Waals surface area contributed by atoms with Crippen molar-refractivity contribution in [3.8, 4) is 0 Å². The molecule has 0 spiro atoms. The van der Waals surface area contributed by atoms with Gasteiger partial charge in [-0.3, -0.25) is 4.79 Å². The summed E-state index contributed by atoms with van der Waals surface area (Å²) in [5.41, 5.74) is 1.95. The number of amides is 1. The van der Waals surface area contributed by atoms with Crippen molar-refractivity contribution in [2.45, 2.75) is 0 Å². The lowest BCUT2D eigenvalue weighted by molar-refractivity contribution is 0.0988. The van der Waals surface area contributed by atoms with Crippen LogP contribution in [0.25, 0.3) is 0 Å². The Kier molecular flexibility index (Phi) is 2.68. The molecule has 0 atom stereocenters. The Morgan fingerprint density at radius 2 is 1.89 bits per heavy atom. The summed E-state index contributed by atoms with van der Waals surface area (Å²) in [7, 11) is 0. The predicted octanol–water partition coefficient (Wildman–Crippen LogP) is 3.73. The third-order valence-corrected chi connectivity index (χ3v) is 3.12. The molecule has 94 valence electrons. The van der Waals surface area contributed by atoms with Crippen molar-refractivity contribution in [3.63, 3.8) is 0 Å². The van der Waals surface area contributed by atoms with Crippen LogP contribution in [0.4, 0.5) is 17.1 Å². The molecule has 0 saturated heterocycles. The van der Waals surface area contributed by atoms with Crippen molar-refractivity contribution in [2.24, 2.45) is 5.29 Å². The van der Waals surface area contributed by atoms with Gasteiger partial charge >= 0.3 is 0 Å². The topological polar surface area (TPSA) is 61.8 Å². The average Bonchev–Trinajstić information content (AvgIpc) is 2.53. The Morgan fingerprint density at radius 1 is 1.11 bits per heavy atom. The summed E-state index contributed by atoms with van der Waals surface area (Å²) in [5, 5.41) is 7.14. The molecular weight excluding hydrogens is 266 g/mol. The normalized spacial score (nSPS) is 13.1. The van der Waals surface area contributed by atoms with E-state index in [1.165, 1.54) is 6.07 Å². The summed E-state index contributed by atoms with van der Waals surface area (Å²) in [6, 6.07) is 11.8. The molecule has 0 fully saturated rings. The summed E-state index contributed by atoms with van der Waals surface area (Å²) in [6.45, 7) is 0. The van der Waals surface area contributed by atoms with Crippen molar-refractivity contribution in [1.82, 2.24) is 0 Å². The highest BCUT2D eigenvalue weighted by molar-refractivity contribution is 6.31. The van der Waals surface area contributed by atoms with Crippen molar-refractivity contribution in [2.75, 3.05) is 10.3 Å². The zero-order valence-electron chi connectivity index (χ0n) is 9.63. The first-order valence-electron chi connectivity index (χ1n) is 5.54. The van der Waals surface area contributed by atoms with Crippen molar-refractivity contribution < 1.29 is 4.79 Å². The van der Waals surface area contributed by atoms with Crippen LogP contribution in [0.2, 0.25) is 5.02 Å². The number of hydrogen-bond acceptors (Lipinski definition) is 4. The van der Waals surface area contributed by atoms with Crippen LogP contribution in [-0.2, 0) is 0 Å². The Morgan fingerprint density at radius 3 is 2.68 bits per heavy atom. The molecule has 1 amide bonds. The van der Waals surface area contributed by atoms with E-state index in [9.17, 15) is 9.70 Å². The number of para-hydroxylation sites is 1. The van der Waals surface area contributed by atoms with Crippen molar-refractivity contribution in [3.05, 3.63) is 58.0 Å². The molecule has 1 aliphatic rings. The molecule has 3 rings (SSSR count). The van der Waals surface area contributed by atoms with E-state index in [1.807, 2.05) is 0 Å². The van der Waals surface area contributed by atoms with Crippen LogP contribution in [0, 0.1) is 4.91 Å². The largest absolute Gasteiger partial charge is 0.353 e. The number of fused-ring (bicyclic) bond motifs is 2. The second-order valence-electron chi connectivity index (χ2n) is 4.03. The lowest BCUT2D eigenvalue weighted by Crippen LogP contribution is -2.23. The number of anilines is 3. The fourth-order valence-electron chi connectivity index (χ4n) is 2.01. The zero-order valence-corrected chi connectivity index (χ0v) is 10.4. The maximum Gasteiger partial charge on any atom is 0.283 e. The molecular formula is C13H8ClN3O2. The van der Waals surface area contributed by atoms with Gasteiger partial charge in [-0.2, -0.15) is 5.01 Å². The minimum Gasteiger partial charge on any atom is -0.353 e. The lowest BCUT2D eigenvalue weighted by Gasteiger charge is -2.13. The van der Waals surface area contributed by atoms with Crippen LogP contribution in [0.15, 0.2) is 47.8 Å². The molecule has 6 heteroatoms. The maximum absolute atomic E-state index is 12.3. The van der Waals surface area contributed by atoms with Gasteiger partial charge in [0.1, 0.15) is 0 Å². The molecule has 0 aromatic heterocycles. The SMILES string of the molecule is O=NN1C(=O)c2ccccc2Nc2ccc(Cl)cc21. The van der Waals surface area contributed by atoms with Crippen LogP contribution < -0.4 is 10.3 Å². The molecule has 0 unspecified atom stereocenters. The van der Waals surface area contributed by atoms with Crippen LogP contribution in [-0.4, -0.2) is 5.91 Å². The fourth-order valence-corrected chi connectivity index (χ4v) is 2.18. The Hall–Kier alpha value is -2.40. The minimum atomic E-state index is -0.487. The van der Waals surface area contributed by atoms with Gasteiger partial charge in [0.05, 0.1) is 27.9 Å². The van der Waals surface area contributed by atoms with E-state index in [4.69, 9.17) is 11.6 Å². The summed E-state index contributed by atoms with van der Waals surface area (Å²) in [6.07, 6.45) is 0. The average molecular weight is 274 g/mol. The molecule has 2 aromatic carbocycles. The lowest BCUT2D eigenvalue weighted by atomic mass is 10.1. The van der Waals surface area contributed by atoms with Gasteiger partial charge in [-0.05, 0) is 30.3 Å². The minimum absolute atomic E-state index is 0.337. The first-order valence-corrected chi connectivity index (χ1v) is 5.92. The predicted molar refractivity (Wildman–Crippen MR) is 73.8 cm³/mol. The van der Waals surface area contributed by atoms with Gasteiger partial charge in [-0.25, -0.2) is 0 Å². The Labute approximate surface area is 113 Å². The molecule has 1 N–H and O–H groups in total. The molecule has 19 heavy (non-hydrogen) atoms. The van der Waals surface area contributed by atoms with Crippen molar-refractivity contribution in [1.29, 1.82) is 0 Å². The number of rotatable bonds is 1. The first-order chi connectivity index (χ1) is 9.20. The van der Waals surface area contributed by atoms with Crippen LogP contribution in [0.3, 0.4) is 0 Å². The molecule has 0 aliphatic carbocycles. The van der Waals surface area contributed by atoms with Crippen LogP contribution in [0.5, 0.6) is 0 Å². The summed E-state index contributed by atoms with van der Waals surface area (Å²) >= 11 is 5.90. The number of nitrogens with one attached hydrogen (secondary N) is 1. The molecule has 0 saturated carbocycles. The Bertz CT molecular complexity index is 687. The molecule has 1 heterocycles. The van der Waals surface area contributed by atoms with E-state index in [0.29, 0.717) is 27.6 Å². The molecule has 0 bridgehead atoms. The van der Waals surface area contributed by atoms with E-state index in [1.54, 1.807) is 36.4 Å². The molecule has 2 aromatic rings. The first kappa shape index (κ1) is 11.7. The zero-order chi connectivity index (χ0) is 13.4. The van der Waals surface area contributed by atoms with Gasteiger partial charge in [0.2, 0.25) is 0 Å². The van der Waals surface area contributed by atoms with E-state index in [2.05, 4.69) is 10.6 Å². The standard InChI is InChI=1S/C13H8ClN3O2/c14-8-5-6-11-12(7-8)17(16-19)13(18)9-3-1-2-4-10(9)15-11/h1-7,15H. The number of benzene rings is 2. The molecule has 0 radical (unpaired) electrons. The number of nitroso groups, excluding NO2 is 1. The highest BCUT2D eigenvalue weighted by Gasteiger charge is 2.27. The second-order valence-corrected chi connectivity index (χ2v) is 4.47. The van der Waals surface area contributed by atoms with E-state index >= 15 is 0 Å². The van der Waals surface area contributed by atoms with Gasteiger partial charge in [0.25, 0.3) is 5.91 Å². The summed E-state index contributed by atoms with van der Waals surface area (Å²) in [5.74, 6) is -0.487. The highest BCUT2D eigenvalue weighted by Crippen LogP contribution is 2.37. The quantitative estimate of drug-likeness (QED) is 0.805. The van der Waals surface area contributed by atoms with Gasteiger partial charge in [0, 0.05) is 5.02 Å². The summed E-state index contributed by atoms with van der Waals surface area (Å²) in [4.78, 5) is 23.3. The molecule has 1 aliphatic heterocycles. The number of nitrogens with zero attached hydrogens (tertiary/aromatic N) is 2. The van der Waals surface area contributed by atoms with E-state index < -0.39 is 5.91 Å². The van der Waals surface area contributed by atoms with Gasteiger partial charge in [-0.1, -0.05) is 23.7 Å².